The zero-order valence-electron chi connectivity index (χ0n) is 13.6. The summed E-state index contributed by atoms with van der Waals surface area (Å²) in [6.45, 7) is 3.94. The number of nitrogens with one attached hydrogen (secondary N) is 1. The number of ether oxygens (including phenoxy) is 1. The van der Waals surface area contributed by atoms with Gasteiger partial charge in [-0.25, -0.2) is 4.98 Å². The van der Waals surface area contributed by atoms with E-state index in [1.165, 1.54) is 0 Å². The van der Waals surface area contributed by atoms with E-state index in [9.17, 15) is 4.79 Å². The van der Waals surface area contributed by atoms with E-state index in [2.05, 4.69) is 10.3 Å². The molecule has 122 valence electrons. The molecule has 1 amide bonds. The first-order valence-corrected chi connectivity index (χ1v) is 8.50. The minimum absolute atomic E-state index is 0.0242. The van der Waals surface area contributed by atoms with Gasteiger partial charge < -0.3 is 10.1 Å². The Morgan fingerprint density at radius 1 is 1.17 bits per heavy atom. The highest BCUT2D eigenvalue weighted by Gasteiger charge is 2.06. The SMILES string of the molecule is Cc1cccc(NC(=O)COc2ccc(-c3nc(C)cs3)cc2)c1. The Morgan fingerprint density at radius 3 is 2.62 bits per heavy atom. The summed E-state index contributed by atoms with van der Waals surface area (Å²) in [5, 5.41) is 5.83. The maximum absolute atomic E-state index is 11.9. The molecule has 24 heavy (non-hydrogen) atoms. The van der Waals surface area contributed by atoms with Crippen molar-refractivity contribution in [1.82, 2.24) is 4.98 Å². The lowest BCUT2D eigenvalue weighted by Gasteiger charge is -2.08. The highest BCUT2D eigenvalue weighted by atomic mass is 32.1. The highest BCUT2D eigenvalue weighted by molar-refractivity contribution is 7.13. The molecule has 0 spiro atoms. The molecule has 1 heterocycles. The molecule has 2 aromatic carbocycles. The van der Waals surface area contributed by atoms with E-state index >= 15 is 0 Å². The van der Waals surface area contributed by atoms with Crippen LogP contribution in [0.4, 0.5) is 5.69 Å². The van der Waals surface area contributed by atoms with Crippen molar-refractivity contribution in [2.24, 2.45) is 0 Å². The fourth-order valence-electron chi connectivity index (χ4n) is 2.25. The van der Waals surface area contributed by atoms with Gasteiger partial charge in [-0.2, -0.15) is 0 Å². The molecule has 0 aliphatic rings. The van der Waals surface area contributed by atoms with Crippen LogP contribution in [-0.4, -0.2) is 17.5 Å². The molecule has 0 aliphatic carbocycles. The quantitative estimate of drug-likeness (QED) is 0.748. The van der Waals surface area contributed by atoms with Crippen LogP contribution in [-0.2, 0) is 4.79 Å². The van der Waals surface area contributed by atoms with Gasteiger partial charge in [0.2, 0.25) is 0 Å². The molecule has 0 fully saturated rings. The van der Waals surface area contributed by atoms with Crippen molar-refractivity contribution in [3.8, 4) is 16.3 Å². The van der Waals surface area contributed by atoms with Crippen molar-refractivity contribution >= 4 is 22.9 Å². The van der Waals surface area contributed by atoms with E-state index in [1.54, 1.807) is 11.3 Å². The van der Waals surface area contributed by atoms with Gasteiger partial charge in [-0.1, -0.05) is 12.1 Å². The number of hydrogen-bond acceptors (Lipinski definition) is 4. The lowest BCUT2D eigenvalue weighted by Crippen LogP contribution is -2.20. The first-order chi connectivity index (χ1) is 11.6. The normalized spacial score (nSPS) is 10.4. The van der Waals surface area contributed by atoms with Crippen LogP contribution in [0.3, 0.4) is 0 Å². The zero-order chi connectivity index (χ0) is 16.9. The Labute approximate surface area is 145 Å². The number of rotatable bonds is 5. The maximum Gasteiger partial charge on any atom is 0.262 e. The molecule has 3 aromatic rings. The summed E-state index contributed by atoms with van der Waals surface area (Å²) < 4.78 is 5.54. The van der Waals surface area contributed by atoms with Crippen molar-refractivity contribution in [3.63, 3.8) is 0 Å². The standard InChI is InChI=1S/C19H18N2O2S/c1-13-4-3-5-16(10-13)21-18(22)11-23-17-8-6-15(7-9-17)19-20-14(2)12-24-19/h3-10,12H,11H2,1-2H3,(H,21,22). The third kappa shape index (κ3) is 4.20. The van der Waals surface area contributed by atoms with Crippen LogP contribution < -0.4 is 10.1 Å². The predicted molar refractivity (Wildman–Crippen MR) is 97.6 cm³/mol. The van der Waals surface area contributed by atoms with Gasteiger partial charge in [-0.15, -0.1) is 11.3 Å². The number of aryl methyl sites for hydroxylation is 2. The minimum atomic E-state index is -0.180. The number of anilines is 1. The summed E-state index contributed by atoms with van der Waals surface area (Å²) >= 11 is 1.61. The predicted octanol–water partition coefficient (Wildman–Crippen LogP) is 4.44. The number of amides is 1. The van der Waals surface area contributed by atoms with Crippen molar-refractivity contribution in [2.75, 3.05) is 11.9 Å². The van der Waals surface area contributed by atoms with Crippen LogP contribution in [0, 0.1) is 13.8 Å². The first kappa shape index (κ1) is 16.2. The Balaban J connectivity index is 1.55. The first-order valence-electron chi connectivity index (χ1n) is 7.62. The van der Waals surface area contributed by atoms with Gasteiger partial charge in [0.15, 0.2) is 6.61 Å². The van der Waals surface area contributed by atoms with Crippen molar-refractivity contribution < 1.29 is 9.53 Å². The van der Waals surface area contributed by atoms with E-state index < -0.39 is 0 Å². The molecule has 0 saturated heterocycles. The molecule has 0 saturated carbocycles. The number of benzene rings is 2. The summed E-state index contributed by atoms with van der Waals surface area (Å²) in [5.41, 5.74) is 3.94. The second-order valence-electron chi connectivity index (χ2n) is 5.52. The largest absolute Gasteiger partial charge is 0.484 e. The molecule has 3 rings (SSSR count). The molecule has 0 bridgehead atoms. The maximum atomic E-state index is 11.9. The smallest absolute Gasteiger partial charge is 0.262 e. The monoisotopic (exact) mass is 338 g/mol. The molecule has 0 aliphatic heterocycles. The fraction of sp³-hybridized carbons (Fsp3) is 0.158. The van der Waals surface area contributed by atoms with Gasteiger partial charge in [0.1, 0.15) is 10.8 Å². The molecule has 0 unspecified atom stereocenters. The number of carbonyl (C=O) groups excluding carboxylic acids is 1. The summed E-state index contributed by atoms with van der Waals surface area (Å²) in [7, 11) is 0. The van der Waals surface area contributed by atoms with E-state index in [1.807, 2.05) is 67.8 Å². The molecule has 5 heteroatoms. The van der Waals surface area contributed by atoms with Crippen molar-refractivity contribution in [1.29, 1.82) is 0 Å². The van der Waals surface area contributed by atoms with Gasteiger partial charge in [-0.05, 0) is 55.8 Å². The number of nitrogens with zero attached hydrogens (tertiary/aromatic N) is 1. The highest BCUT2D eigenvalue weighted by Crippen LogP contribution is 2.25. The third-order valence-corrected chi connectivity index (χ3v) is 4.40. The van der Waals surface area contributed by atoms with Crippen LogP contribution in [0.2, 0.25) is 0 Å². The topological polar surface area (TPSA) is 51.2 Å². The summed E-state index contributed by atoms with van der Waals surface area (Å²) in [5.74, 6) is 0.478. The number of aromatic nitrogens is 1. The molecule has 1 aromatic heterocycles. The molecule has 1 N–H and O–H groups in total. The lowest BCUT2D eigenvalue weighted by molar-refractivity contribution is -0.118. The number of carbonyl (C=O) groups is 1. The van der Waals surface area contributed by atoms with Crippen molar-refractivity contribution in [2.45, 2.75) is 13.8 Å². The van der Waals surface area contributed by atoms with Gasteiger partial charge in [0, 0.05) is 22.3 Å². The minimum Gasteiger partial charge on any atom is -0.484 e. The van der Waals surface area contributed by atoms with Crippen LogP contribution >= 0.6 is 11.3 Å². The van der Waals surface area contributed by atoms with Gasteiger partial charge in [-0.3, -0.25) is 4.79 Å². The van der Waals surface area contributed by atoms with E-state index in [-0.39, 0.29) is 12.5 Å². The lowest BCUT2D eigenvalue weighted by atomic mass is 10.2. The molecular formula is C19H18N2O2S. The molecule has 4 nitrogen and oxygen atoms in total. The Hall–Kier alpha value is -2.66. The number of hydrogen-bond donors (Lipinski definition) is 1. The Kier molecular flexibility index (Phi) is 4.91. The van der Waals surface area contributed by atoms with Gasteiger partial charge in [0.25, 0.3) is 5.91 Å². The average Bonchev–Trinajstić information content (AvgIpc) is 3.00. The number of thiazole rings is 1. The van der Waals surface area contributed by atoms with Gasteiger partial charge >= 0.3 is 0 Å². The van der Waals surface area contributed by atoms with Crippen LogP contribution in [0.15, 0.2) is 53.9 Å². The summed E-state index contributed by atoms with van der Waals surface area (Å²) in [6, 6.07) is 15.3. The molecule has 0 atom stereocenters. The zero-order valence-corrected chi connectivity index (χ0v) is 14.4. The van der Waals surface area contributed by atoms with Crippen LogP contribution in [0.25, 0.3) is 10.6 Å². The molecular weight excluding hydrogens is 320 g/mol. The van der Waals surface area contributed by atoms with Crippen LogP contribution in [0.5, 0.6) is 5.75 Å². The average molecular weight is 338 g/mol. The summed E-state index contributed by atoms with van der Waals surface area (Å²) in [6.07, 6.45) is 0. The summed E-state index contributed by atoms with van der Waals surface area (Å²) in [4.78, 5) is 16.4. The fourth-order valence-corrected chi connectivity index (χ4v) is 3.05. The van der Waals surface area contributed by atoms with E-state index in [0.29, 0.717) is 5.75 Å². The Morgan fingerprint density at radius 2 is 1.96 bits per heavy atom. The van der Waals surface area contributed by atoms with Crippen LogP contribution in [0.1, 0.15) is 11.3 Å². The molecule has 0 radical (unpaired) electrons. The second kappa shape index (κ2) is 7.27. The van der Waals surface area contributed by atoms with E-state index in [0.717, 1.165) is 27.5 Å². The van der Waals surface area contributed by atoms with Crippen molar-refractivity contribution in [3.05, 3.63) is 65.2 Å². The van der Waals surface area contributed by atoms with E-state index in [4.69, 9.17) is 4.74 Å². The third-order valence-electron chi connectivity index (χ3n) is 3.39. The van der Waals surface area contributed by atoms with Gasteiger partial charge in [0.05, 0.1) is 0 Å². The Bertz CT molecular complexity index is 841. The second-order valence-corrected chi connectivity index (χ2v) is 6.38.